The minimum absolute atomic E-state index is 0. The van der Waals surface area contributed by atoms with E-state index in [-0.39, 0.29) is 37.2 Å². The Morgan fingerprint density at radius 2 is 1.50 bits per heavy atom. The molecule has 0 spiro atoms. The molecule has 1 aromatic heterocycles. The molecular formula is C29H41Cl3N6O3S. The van der Waals surface area contributed by atoms with E-state index in [1.165, 1.54) is 31.2 Å². The van der Waals surface area contributed by atoms with Gasteiger partial charge in [-0.25, -0.2) is 13.4 Å². The molecule has 0 saturated carbocycles. The third-order valence-electron chi connectivity index (χ3n) is 7.13. The summed E-state index contributed by atoms with van der Waals surface area (Å²) in [5.74, 6) is 3.15. The summed E-state index contributed by atoms with van der Waals surface area (Å²) in [5, 5.41) is 3.60. The van der Waals surface area contributed by atoms with Crippen LogP contribution in [0.25, 0.3) is 0 Å². The number of hydrogen-bond donors (Lipinski definition) is 2. The van der Waals surface area contributed by atoms with Crippen LogP contribution < -0.4 is 19.7 Å². The Kier molecular flexibility index (Phi) is 14.4. The molecule has 2 fully saturated rings. The van der Waals surface area contributed by atoms with Crippen molar-refractivity contribution in [3.63, 3.8) is 0 Å². The predicted octanol–water partition coefficient (Wildman–Crippen LogP) is 6.36. The number of nitrogens with one attached hydrogen (secondary N) is 2. The lowest BCUT2D eigenvalue weighted by Gasteiger charge is -2.33. The Morgan fingerprint density at radius 1 is 0.857 bits per heavy atom. The van der Waals surface area contributed by atoms with Crippen LogP contribution in [-0.2, 0) is 16.6 Å². The molecule has 5 rings (SSSR count). The van der Waals surface area contributed by atoms with E-state index in [2.05, 4.69) is 37.0 Å². The van der Waals surface area contributed by atoms with Gasteiger partial charge in [0.2, 0.25) is 16.0 Å². The zero-order valence-corrected chi connectivity index (χ0v) is 27.0. The Bertz CT molecular complexity index is 1330. The first-order valence-corrected chi connectivity index (χ1v) is 15.7. The van der Waals surface area contributed by atoms with Gasteiger partial charge in [0.15, 0.2) is 0 Å². The van der Waals surface area contributed by atoms with E-state index in [1.54, 1.807) is 24.3 Å². The number of rotatable bonds is 9. The molecule has 3 aromatic rings. The van der Waals surface area contributed by atoms with Gasteiger partial charge >= 0.3 is 0 Å². The molecule has 0 aliphatic carbocycles. The van der Waals surface area contributed by atoms with Crippen LogP contribution in [0.5, 0.6) is 11.5 Å². The van der Waals surface area contributed by atoms with Crippen LogP contribution in [0.2, 0.25) is 0 Å². The van der Waals surface area contributed by atoms with E-state index >= 15 is 0 Å². The molecule has 42 heavy (non-hydrogen) atoms. The number of anilines is 3. The van der Waals surface area contributed by atoms with Crippen LogP contribution in [0.15, 0.2) is 60.8 Å². The summed E-state index contributed by atoms with van der Waals surface area (Å²) >= 11 is 0. The Balaban J connectivity index is 0.00000205. The van der Waals surface area contributed by atoms with Gasteiger partial charge < -0.3 is 15.0 Å². The van der Waals surface area contributed by atoms with Crippen LogP contribution in [0.4, 0.5) is 17.5 Å². The fourth-order valence-corrected chi connectivity index (χ4v) is 5.82. The van der Waals surface area contributed by atoms with Gasteiger partial charge in [-0.05, 0) is 80.3 Å². The number of nitrogens with zero attached hydrogens (tertiary/aromatic N) is 4. The molecular weight excluding hydrogens is 619 g/mol. The first kappa shape index (κ1) is 35.7. The fraction of sp³-hybridized carbons (Fsp3) is 0.448. The summed E-state index contributed by atoms with van der Waals surface area (Å²) in [6.07, 6.45) is 10.3. The second-order valence-corrected chi connectivity index (χ2v) is 12.3. The third-order valence-corrected chi connectivity index (χ3v) is 7.74. The van der Waals surface area contributed by atoms with E-state index in [4.69, 9.17) is 9.72 Å². The summed E-state index contributed by atoms with van der Waals surface area (Å²) in [6.45, 7) is 5.04. The lowest BCUT2D eigenvalue weighted by Crippen LogP contribution is -2.42. The van der Waals surface area contributed by atoms with Gasteiger partial charge in [0.05, 0.1) is 6.26 Å². The quantitative estimate of drug-likeness (QED) is 0.274. The van der Waals surface area contributed by atoms with Gasteiger partial charge in [-0.2, -0.15) is 4.98 Å². The number of ether oxygens (including phenoxy) is 1. The number of likely N-dealkylation sites (tertiary alicyclic amines) is 1. The number of sulfonamides is 1. The molecule has 2 aromatic carbocycles. The SMILES string of the molecule is CS(=O)(=O)Nc1ccc(Oc2ccc(CN3CCCC(Nc4nccc(N5CCCCCC5)n4)C3)cc2)cc1.Cl.Cl.Cl. The van der Waals surface area contributed by atoms with Crippen LogP contribution in [0, 0.1) is 0 Å². The maximum atomic E-state index is 11.4. The van der Waals surface area contributed by atoms with Gasteiger partial charge in [-0.3, -0.25) is 9.62 Å². The molecule has 2 aliphatic rings. The zero-order chi connectivity index (χ0) is 27.1. The highest BCUT2D eigenvalue weighted by Crippen LogP contribution is 2.25. The molecule has 0 amide bonds. The lowest BCUT2D eigenvalue weighted by atomic mass is 10.0. The third kappa shape index (κ3) is 11.0. The maximum Gasteiger partial charge on any atom is 0.229 e. The normalized spacial score (nSPS) is 17.5. The van der Waals surface area contributed by atoms with Crippen molar-refractivity contribution in [2.24, 2.45) is 0 Å². The molecule has 0 bridgehead atoms. The topological polar surface area (TPSA) is 99.7 Å². The van der Waals surface area contributed by atoms with Gasteiger partial charge in [-0.15, -0.1) is 37.2 Å². The van der Waals surface area contributed by atoms with Crippen LogP contribution >= 0.6 is 37.2 Å². The Morgan fingerprint density at radius 3 is 2.14 bits per heavy atom. The molecule has 232 valence electrons. The molecule has 1 unspecified atom stereocenters. The van der Waals surface area contributed by atoms with Gasteiger partial charge in [0.1, 0.15) is 17.3 Å². The largest absolute Gasteiger partial charge is 0.457 e. The van der Waals surface area contributed by atoms with E-state index < -0.39 is 10.0 Å². The first-order valence-electron chi connectivity index (χ1n) is 13.8. The molecule has 2 N–H and O–H groups in total. The van der Waals surface area contributed by atoms with E-state index in [1.807, 2.05) is 24.4 Å². The summed E-state index contributed by atoms with van der Waals surface area (Å²) < 4.78 is 31.1. The van der Waals surface area contributed by atoms with Crippen LogP contribution in [0.1, 0.15) is 44.1 Å². The lowest BCUT2D eigenvalue weighted by molar-refractivity contribution is 0.208. The van der Waals surface area contributed by atoms with Gasteiger partial charge in [-0.1, -0.05) is 25.0 Å². The highest BCUT2D eigenvalue weighted by molar-refractivity contribution is 7.92. The number of benzene rings is 2. The number of hydrogen-bond acceptors (Lipinski definition) is 8. The van der Waals surface area contributed by atoms with Crippen molar-refractivity contribution in [1.29, 1.82) is 0 Å². The van der Waals surface area contributed by atoms with Crippen molar-refractivity contribution in [2.45, 2.75) is 51.1 Å². The number of aromatic nitrogens is 2. The molecule has 2 aliphatic heterocycles. The second kappa shape index (κ2) is 17.0. The standard InChI is InChI=1S/C29H38N6O3S.3ClH/c1-39(36,37)33-24-10-14-27(15-11-24)38-26-12-8-23(9-13-26)21-34-18-6-7-25(22-34)31-29-30-17-16-28(32-29)35-19-4-2-3-5-20-35;;;/h8-17,25,33H,2-7,18-22H2,1H3,(H,30,31,32);3*1H. The molecule has 1 atom stereocenters. The van der Waals surface area contributed by atoms with Gasteiger partial charge in [0, 0.05) is 44.1 Å². The number of piperidine rings is 1. The van der Waals surface area contributed by atoms with Crippen molar-refractivity contribution in [1.82, 2.24) is 14.9 Å². The molecule has 0 radical (unpaired) electrons. The minimum Gasteiger partial charge on any atom is -0.457 e. The average Bonchev–Trinajstić information content (AvgIpc) is 3.20. The zero-order valence-electron chi connectivity index (χ0n) is 23.8. The van der Waals surface area contributed by atoms with Crippen molar-refractivity contribution in [3.8, 4) is 11.5 Å². The predicted molar refractivity (Wildman–Crippen MR) is 178 cm³/mol. The van der Waals surface area contributed by atoms with Crippen LogP contribution in [-0.4, -0.2) is 61.8 Å². The fourth-order valence-electron chi connectivity index (χ4n) is 5.26. The smallest absolute Gasteiger partial charge is 0.229 e. The maximum absolute atomic E-state index is 11.4. The summed E-state index contributed by atoms with van der Waals surface area (Å²) in [4.78, 5) is 14.2. The Hall–Kier alpha value is -2.50. The van der Waals surface area contributed by atoms with Crippen molar-refractivity contribution in [3.05, 3.63) is 66.4 Å². The molecule has 3 heterocycles. The highest BCUT2D eigenvalue weighted by Gasteiger charge is 2.21. The van der Waals surface area contributed by atoms with Crippen molar-refractivity contribution < 1.29 is 13.2 Å². The van der Waals surface area contributed by atoms with Gasteiger partial charge in [0.25, 0.3) is 0 Å². The average molecular weight is 660 g/mol. The molecule has 13 heteroatoms. The monoisotopic (exact) mass is 658 g/mol. The molecule has 9 nitrogen and oxygen atoms in total. The van der Waals surface area contributed by atoms with E-state index in [9.17, 15) is 8.42 Å². The van der Waals surface area contributed by atoms with E-state index in [0.29, 0.717) is 17.5 Å². The highest BCUT2D eigenvalue weighted by atomic mass is 35.5. The van der Waals surface area contributed by atoms with Crippen molar-refractivity contribution >= 4 is 64.7 Å². The second-order valence-electron chi connectivity index (χ2n) is 10.5. The van der Waals surface area contributed by atoms with Crippen molar-refractivity contribution in [2.75, 3.05) is 47.4 Å². The Labute approximate surface area is 268 Å². The van der Waals surface area contributed by atoms with Crippen LogP contribution in [0.3, 0.4) is 0 Å². The number of halogens is 3. The minimum atomic E-state index is -3.30. The molecule has 2 saturated heterocycles. The summed E-state index contributed by atoms with van der Waals surface area (Å²) in [6, 6.07) is 17.3. The summed E-state index contributed by atoms with van der Waals surface area (Å²) in [7, 11) is -3.30. The summed E-state index contributed by atoms with van der Waals surface area (Å²) in [5.41, 5.74) is 1.74. The first-order chi connectivity index (χ1) is 18.9. The van der Waals surface area contributed by atoms with E-state index in [0.717, 1.165) is 69.3 Å².